The van der Waals surface area contributed by atoms with Crippen molar-refractivity contribution in [1.29, 1.82) is 0 Å². The van der Waals surface area contributed by atoms with Crippen LogP contribution in [0.4, 0.5) is 4.79 Å². The highest BCUT2D eigenvalue weighted by molar-refractivity contribution is 7.89. The third-order valence-corrected chi connectivity index (χ3v) is 8.45. The highest BCUT2D eigenvalue weighted by Gasteiger charge is 2.32. The average Bonchev–Trinajstić information content (AvgIpc) is 3.52. The maximum Gasteiger partial charge on any atom is 0.315 e. The molecule has 5 rings (SSSR count). The molecule has 0 saturated heterocycles. The van der Waals surface area contributed by atoms with Gasteiger partial charge < -0.3 is 10.6 Å². The first-order valence-electron chi connectivity index (χ1n) is 12.6. The molecule has 192 valence electrons. The summed E-state index contributed by atoms with van der Waals surface area (Å²) in [5, 5.41) is 11.8. The summed E-state index contributed by atoms with van der Waals surface area (Å²) in [4.78, 5) is 17.8. The molecule has 10 heteroatoms. The number of nitrogens with one attached hydrogen (secondary N) is 3. The second-order valence-electron chi connectivity index (χ2n) is 10.4. The lowest BCUT2D eigenvalue weighted by molar-refractivity contribution is 0.236. The third-order valence-electron chi connectivity index (χ3n) is 6.98. The van der Waals surface area contributed by atoms with E-state index in [9.17, 15) is 13.2 Å². The minimum absolute atomic E-state index is 0.200. The molecule has 1 aromatic carbocycles. The van der Waals surface area contributed by atoms with Gasteiger partial charge in [-0.25, -0.2) is 17.9 Å². The van der Waals surface area contributed by atoms with Gasteiger partial charge in [-0.15, -0.1) is 0 Å². The molecular weight excluding hydrogens is 476 g/mol. The average molecular weight is 511 g/mol. The Hall–Kier alpha value is -2.98. The van der Waals surface area contributed by atoms with E-state index in [0.717, 1.165) is 46.4 Å². The fourth-order valence-electron chi connectivity index (χ4n) is 4.97. The van der Waals surface area contributed by atoms with Crippen LogP contribution < -0.4 is 15.4 Å². The van der Waals surface area contributed by atoms with E-state index in [2.05, 4.69) is 20.5 Å². The number of carbonyl (C=O) groups is 1. The molecule has 1 fully saturated rings. The Bertz CT molecular complexity index is 1430. The normalized spacial score (nSPS) is 17.5. The molecule has 1 atom stereocenters. The van der Waals surface area contributed by atoms with Gasteiger partial charge in [-0.3, -0.25) is 9.67 Å². The van der Waals surface area contributed by atoms with Crippen LogP contribution in [0.5, 0.6) is 0 Å². The van der Waals surface area contributed by atoms with Crippen LogP contribution in [0.2, 0.25) is 0 Å². The quantitative estimate of drug-likeness (QED) is 0.428. The van der Waals surface area contributed by atoms with Gasteiger partial charge in [-0.1, -0.05) is 13.8 Å². The van der Waals surface area contributed by atoms with Crippen molar-refractivity contribution in [2.45, 2.75) is 69.9 Å². The van der Waals surface area contributed by atoms with E-state index in [-0.39, 0.29) is 18.0 Å². The van der Waals surface area contributed by atoms with Crippen LogP contribution in [0.1, 0.15) is 73.3 Å². The summed E-state index contributed by atoms with van der Waals surface area (Å²) in [5.41, 5.74) is 4.67. The van der Waals surface area contributed by atoms with Gasteiger partial charge in [0.1, 0.15) is 0 Å². The second-order valence-corrected chi connectivity index (χ2v) is 12.2. The van der Waals surface area contributed by atoms with E-state index in [1.807, 2.05) is 40.0 Å². The number of aryl methyl sites for hydroxylation is 3. The maximum absolute atomic E-state index is 13.3. The zero-order chi connectivity index (χ0) is 25.6. The Morgan fingerprint density at radius 3 is 2.61 bits per heavy atom. The Morgan fingerprint density at radius 1 is 1.17 bits per heavy atom. The summed E-state index contributed by atoms with van der Waals surface area (Å²) in [6.45, 7) is 6.63. The molecule has 9 nitrogen and oxygen atoms in total. The van der Waals surface area contributed by atoms with Crippen molar-refractivity contribution in [3.05, 3.63) is 52.6 Å². The van der Waals surface area contributed by atoms with Crippen LogP contribution in [-0.2, 0) is 30.0 Å². The van der Waals surface area contributed by atoms with Crippen LogP contribution in [0, 0.1) is 12.8 Å². The van der Waals surface area contributed by atoms with Gasteiger partial charge in [-0.05, 0) is 67.9 Å². The van der Waals surface area contributed by atoms with Gasteiger partial charge in [0.25, 0.3) is 0 Å². The first-order chi connectivity index (χ1) is 17.1. The standard InChI is InChI=1S/C26H34N6O3S/c1-15(2)12-29-36(34,35)24-10-18-7-8-22(30-26(33)28-13-19-9-16(3)31-32(19)4)25(18)21-14-27-23(11-20(21)24)17-5-6-17/h9-11,14-15,17,22,29H,5-8,12-13H2,1-4H3,(H2,28,30,33). The molecular formula is C26H34N6O3S. The number of rotatable bonds is 8. The Balaban J connectivity index is 1.45. The summed E-state index contributed by atoms with van der Waals surface area (Å²) in [6, 6.07) is 5.20. The number of hydrogen-bond acceptors (Lipinski definition) is 5. The SMILES string of the molecule is Cc1cc(CNC(=O)NC2CCc3cc(S(=O)(=O)NCC(C)C)c4cc(C5CC5)ncc4c32)n(C)n1. The molecule has 2 amide bonds. The molecule has 1 saturated carbocycles. The summed E-state index contributed by atoms with van der Waals surface area (Å²) >= 11 is 0. The molecule has 1 unspecified atom stereocenters. The van der Waals surface area contributed by atoms with E-state index >= 15 is 0 Å². The summed E-state index contributed by atoms with van der Waals surface area (Å²) < 4.78 is 31.2. The molecule has 36 heavy (non-hydrogen) atoms. The van der Waals surface area contributed by atoms with Gasteiger partial charge in [0.2, 0.25) is 10.0 Å². The highest BCUT2D eigenvalue weighted by atomic mass is 32.2. The van der Waals surface area contributed by atoms with Crippen LogP contribution in [0.25, 0.3) is 10.8 Å². The van der Waals surface area contributed by atoms with Crippen molar-refractivity contribution in [1.82, 2.24) is 30.1 Å². The monoisotopic (exact) mass is 510 g/mol. The van der Waals surface area contributed by atoms with Crippen LogP contribution >= 0.6 is 0 Å². The zero-order valence-corrected chi connectivity index (χ0v) is 22.1. The molecule has 3 aromatic rings. The van der Waals surface area contributed by atoms with Crippen molar-refractivity contribution in [3.63, 3.8) is 0 Å². The third kappa shape index (κ3) is 4.97. The molecule has 3 N–H and O–H groups in total. The molecule has 2 heterocycles. The second kappa shape index (κ2) is 9.48. The predicted octanol–water partition coefficient (Wildman–Crippen LogP) is 3.58. The van der Waals surface area contributed by atoms with Crippen LogP contribution in [0.15, 0.2) is 29.3 Å². The van der Waals surface area contributed by atoms with Crippen molar-refractivity contribution < 1.29 is 13.2 Å². The molecule has 0 aliphatic heterocycles. The molecule has 0 bridgehead atoms. The van der Waals surface area contributed by atoms with E-state index in [1.165, 1.54) is 0 Å². The predicted molar refractivity (Wildman–Crippen MR) is 138 cm³/mol. The van der Waals surface area contributed by atoms with Crippen molar-refractivity contribution in [3.8, 4) is 0 Å². The number of fused-ring (bicyclic) bond motifs is 3. The van der Waals surface area contributed by atoms with Crippen LogP contribution in [-0.4, -0.2) is 35.8 Å². The fourth-order valence-corrected chi connectivity index (χ4v) is 6.44. The van der Waals surface area contributed by atoms with Crippen LogP contribution in [0.3, 0.4) is 0 Å². The molecule has 0 radical (unpaired) electrons. The van der Waals surface area contributed by atoms with Gasteiger partial charge in [0.15, 0.2) is 0 Å². The molecule has 2 aliphatic carbocycles. The smallest absolute Gasteiger partial charge is 0.315 e. The lowest BCUT2D eigenvalue weighted by Crippen LogP contribution is -2.37. The fraction of sp³-hybridized carbons (Fsp3) is 0.500. The Labute approximate surface area is 212 Å². The largest absolute Gasteiger partial charge is 0.333 e. The number of amides is 2. The first-order valence-corrected chi connectivity index (χ1v) is 14.1. The minimum Gasteiger partial charge on any atom is -0.333 e. The minimum atomic E-state index is -3.69. The van der Waals surface area contributed by atoms with E-state index in [1.54, 1.807) is 16.9 Å². The van der Waals surface area contributed by atoms with Gasteiger partial charge in [0, 0.05) is 42.2 Å². The number of nitrogens with zero attached hydrogens (tertiary/aromatic N) is 3. The number of hydrogen-bond donors (Lipinski definition) is 3. The summed E-state index contributed by atoms with van der Waals surface area (Å²) in [5.74, 6) is 0.601. The van der Waals surface area contributed by atoms with Gasteiger partial charge in [-0.2, -0.15) is 5.10 Å². The number of benzene rings is 1. The van der Waals surface area contributed by atoms with Gasteiger partial charge >= 0.3 is 6.03 Å². The zero-order valence-electron chi connectivity index (χ0n) is 21.3. The van der Waals surface area contributed by atoms with Crippen molar-refractivity contribution >= 4 is 26.8 Å². The number of sulfonamides is 1. The van der Waals surface area contributed by atoms with Crippen molar-refractivity contribution in [2.75, 3.05) is 6.54 Å². The lowest BCUT2D eigenvalue weighted by atomic mass is 9.99. The lowest BCUT2D eigenvalue weighted by Gasteiger charge is -2.19. The number of carbonyl (C=O) groups excluding carboxylic acids is 1. The number of aromatic nitrogens is 3. The van der Waals surface area contributed by atoms with E-state index in [0.29, 0.717) is 42.1 Å². The highest BCUT2D eigenvalue weighted by Crippen LogP contribution is 2.43. The Morgan fingerprint density at radius 2 is 1.94 bits per heavy atom. The molecule has 2 aliphatic rings. The topological polar surface area (TPSA) is 118 Å². The molecule has 2 aromatic heterocycles. The van der Waals surface area contributed by atoms with E-state index < -0.39 is 10.0 Å². The van der Waals surface area contributed by atoms with Gasteiger partial charge in [0.05, 0.1) is 28.9 Å². The number of pyridine rings is 1. The Kier molecular flexibility index (Phi) is 6.50. The number of urea groups is 1. The maximum atomic E-state index is 13.3. The summed E-state index contributed by atoms with van der Waals surface area (Å²) in [6.07, 6.45) is 5.36. The van der Waals surface area contributed by atoms with E-state index in [4.69, 9.17) is 4.98 Å². The first kappa shape index (κ1) is 24.7. The summed E-state index contributed by atoms with van der Waals surface area (Å²) in [7, 11) is -1.84. The molecule has 0 spiro atoms. The van der Waals surface area contributed by atoms with Crippen molar-refractivity contribution in [2.24, 2.45) is 13.0 Å².